The molecule has 0 saturated carbocycles. The molecule has 0 radical (unpaired) electrons. The minimum Gasteiger partial charge on any atom is -0.483 e. The van der Waals surface area contributed by atoms with Gasteiger partial charge in [0.05, 0.1) is 10.6 Å². The summed E-state index contributed by atoms with van der Waals surface area (Å²) in [5, 5.41) is 14.4. The van der Waals surface area contributed by atoms with Crippen LogP contribution in [0.25, 0.3) is 0 Å². The van der Waals surface area contributed by atoms with Crippen LogP contribution in [0.3, 0.4) is 0 Å². The second kappa shape index (κ2) is 16.4. The van der Waals surface area contributed by atoms with Gasteiger partial charge in [0.2, 0.25) is 11.8 Å². The Balaban J connectivity index is 0.00000169. The van der Waals surface area contributed by atoms with E-state index in [2.05, 4.69) is 24.3 Å². The number of nitrogens with one attached hydrogen (secondary N) is 1. The zero-order valence-electron chi connectivity index (χ0n) is 25.9. The van der Waals surface area contributed by atoms with Gasteiger partial charge < -0.3 is 20.2 Å². The van der Waals surface area contributed by atoms with Gasteiger partial charge >= 0.3 is 0 Å². The number of hydrogen-bond acceptors (Lipinski definition) is 7. The predicted molar refractivity (Wildman–Crippen MR) is 165 cm³/mol. The van der Waals surface area contributed by atoms with Gasteiger partial charge in [0.25, 0.3) is 12.4 Å². The van der Waals surface area contributed by atoms with Gasteiger partial charge in [-0.05, 0) is 56.6 Å². The third-order valence-corrected chi connectivity index (χ3v) is 9.83. The average molecular weight is 632 g/mol. The molecule has 13 heteroatoms. The molecule has 3 amide bonds. The van der Waals surface area contributed by atoms with Crippen molar-refractivity contribution >= 4 is 34.0 Å². The van der Waals surface area contributed by atoms with Gasteiger partial charge in [0.1, 0.15) is 0 Å². The molecular weight excluding hydrogens is 586 g/mol. The molecule has 0 fully saturated rings. The van der Waals surface area contributed by atoms with Crippen LogP contribution in [0.4, 0.5) is 0 Å². The van der Waals surface area contributed by atoms with E-state index in [9.17, 15) is 22.8 Å². The van der Waals surface area contributed by atoms with E-state index in [1.807, 2.05) is 11.9 Å². The number of amides is 3. The normalized spacial score (nSPS) is 18.0. The van der Waals surface area contributed by atoms with Crippen molar-refractivity contribution in [1.29, 1.82) is 0 Å². The van der Waals surface area contributed by atoms with Gasteiger partial charge in [-0.1, -0.05) is 32.0 Å². The highest BCUT2D eigenvalue weighted by molar-refractivity contribution is 7.91. The highest BCUT2D eigenvalue weighted by Crippen LogP contribution is 2.28. The number of carboxylic acid groups (broad SMARTS) is 1. The Labute approximate surface area is 259 Å². The summed E-state index contributed by atoms with van der Waals surface area (Å²) in [6, 6.07) is 8.13. The van der Waals surface area contributed by atoms with E-state index in [0.29, 0.717) is 63.5 Å². The maximum absolute atomic E-state index is 13.6. The summed E-state index contributed by atoms with van der Waals surface area (Å²) in [5.74, 6) is -0.292. The molecule has 2 N–H and O–H groups in total. The van der Waals surface area contributed by atoms with Crippen molar-refractivity contribution in [3.63, 3.8) is 0 Å². The topological polar surface area (TPSA) is 159 Å². The van der Waals surface area contributed by atoms with Crippen LogP contribution in [0.1, 0.15) is 74.1 Å². The Kier molecular flexibility index (Phi) is 12.9. The van der Waals surface area contributed by atoms with Crippen molar-refractivity contribution < 1.29 is 32.7 Å². The molecule has 12 nitrogen and oxygen atoms in total. The van der Waals surface area contributed by atoms with Crippen molar-refractivity contribution in [3.05, 3.63) is 47.3 Å². The van der Waals surface area contributed by atoms with Crippen LogP contribution in [0.5, 0.6) is 0 Å². The summed E-state index contributed by atoms with van der Waals surface area (Å²) in [5.41, 5.74) is 2.39. The minimum absolute atomic E-state index is 0.00411. The molecular formula is C31H45N5O7S. The van der Waals surface area contributed by atoms with E-state index in [4.69, 9.17) is 9.90 Å². The van der Waals surface area contributed by atoms with Crippen molar-refractivity contribution in [2.75, 3.05) is 31.9 Å². The Hall–Kier alpha value is -3.74. The molecule has 0 saturated heterocycles. The van der Waals surface area contributed by atoms with Gasteiger partial charge in [-0.15, -0.1) is 0 Å². The van der Waals surface area contributed by atoms with Gasteiger partial charge in [0.15, 0.2) is 15.5 Å². The summed E-state index contributed by atoms with van der Waals surface area (Å²) in [6.07, 6.45) is 4.25. The molecule has 2 heterocycles. The predicted octanol–water partition coefficient (Wildman–Crippen LogP) is 2.46. The number of nitrogens with zero attached hydrogens (tertiary/aromatic N) is 4. The monoisotopic (exact) mass is 631 g/mol. The second-order valence-electron chi connectivity index (χ2n) is 11.6. The summed E-state index contributed by atoms with van der Waals surface area (Å²) >= 11 is 0. The van der Waals surface area contributed by atoms with E-state index < -0.39 is 9.84 Å². The van der Waals surface area contributed by atoms with E-state index in [0.717, 1.165) is 30.5 Å². The highest BCUT2D eigenvalue weighted by atomic mass is 32.2. The summed E-state index contributed by atoms with van der Waals surface area (Å²) < 4.78 is 27.3. The maximum atomic E-state index is 13.6. The van der Waals surface area contributed by atoms with E-state index in [1.165, 1.54) is 12.1 Å². The molecule has 2 bridgehead atoms. The quantitative estimate of drug-likeness (QED) is 0.441. The van der Waals surface area contributed by atoms with E-state index >= 15 is 0 Å². The van der Waals surface area contributed by atoms with Crippen LogP contribution in [-0.2, 0) is 44.1 Å². The number of fused-ring (bicyclic) bond motifs is 1. The molecule has 0 spiro atoms. The van der Waals surface area contributed by atoms with E-state index in [1.54, 1.807) is 27.8 Å². The van der Waals surface area contributed by atoms with Crippen LogP contribution in [0.15, 0.2) is 35.2 Å². The SMILES string of the molecule is CC(C)CCN1C(=O)CCCN(C(=O)CCS(=O)(=O)c2ccccc2)CCCNC(=O)c2nn(C)c3c2CC1CC3.O=CO. The first-order chi connectivity index (χ1) is 21.0. The standard InChI is InChI=1S/C30H43N5O5S.CH2O2/c1-22(2)14-19-35-23-12-13-26-25(21-23)29(32-33(26)3)30(38)31-16-8-18-34(17-7-11-28(35)37)27(36)15-20-41(39,40)24-9-5-4-6-10-24;2-1-3/h4-6,9-10,22-23H,7-8,11-21H2,1-3H3,(H,31,38);1H,(H,2,3). The lowest BCUT2D eigenvalue weighted by Gasteiger charge is -2.35. The fraction of sp³-hybridized carbons (Fsp3) is 0.581. The van der Waals surface area contributed by atoms with Crippen LogP contribution < -0.4 is 5.32 Å². The summed E-state index contributed by atoms with van der Waals surface area (Å²) in [4.78, 5) is 52.1. The molecule has 1 aromatic heterocycles. The second-order valence-corrected chi connectivity index (χ2v) is 13.8. The van der Waals surface area contributed by atoms with Crippen molar-refractivity contribution in [2.45, 2.75) is 76.2 Å². The van der Waals surface area contributed by atoms with Crippen molar-refractivity contribution in [1.82, 2.24) is 24.9 Å². The largest absolute Gasteiger partial charge is 0.483 e. The smallest absolute Gasteiger partial charge is 0.290 e. The number of sulfone groups is 1. The maximum Gasteiger partial charge on any atom is 0.290 e. The third-order valence-electron chi connectivity index (χ3n) is 8.10. The molecule has 242 valence electrons. The molecule has 1 aliphatic carbocycles. The Morgan fingerprint density at radius 3 is 2.50 bits per heavy atom. The number of carbonyl (C=O) groups is 4. The number of aryl methyl sites for hydroxylation is 1. The zero-order valence-corrected chi connectivity index (χ0v) is 26.7. The highest BCUT2D eigenvalue weighted by Gasteiger charge is 2.33. The molecule has 1 atom stereocenters. The molecule has 1 aliphatic heterocycles. The molecule has 4 rings (SSSR count). The first kappa shape index (κ1) is 34.7. The van der Waals surface area contributed by atoms with Gasteiger partial charge in [-0.2, -0.15) is 5.10 Å². The molecule has 2 aliphatic rings. The molecule has 1 unspecified atom stereocenters. The van der Waals surface area contributed by atoms with Crippen LogP contribution in [0, 0.1) is 5.92 Å². The van der Waals surface area contributed by atoms with Crippen molar-refractivity contribution in [2.24, 2.45) is 13.0 Å². The number of aromatic nitrogens is 2. The first-order valence-electron chi connectivity index (χ1n) is 15.2. The average Bonchev–Trinajstić information content (AvgIpc) is 3.33. The van der Waals surface area contributed by atoms with Gasteiger partial charge in [-0.3, -0.25) is 23.9 Å². The van der Waals surface area contributed by atoms with Crippen LogP contribution in [-0.4, -0.2) is 95.3 Å². The summed E-state index contributed by atoms with van der Waals surface area (Å²) in [7, 11) is -1.73. The minimum atomic E-state index is -3.59. The lowest BCUT2D eigenvalue weighted by Crippen LogP contribution is -2.45. The Morgan fingerprint density at radius 2 is 1.82 bits per heavy atom. The lowest BCUT2D eigenvalue weighted by molar-refractivity contribution is -0.135. The lowest BCUT2D eigenvalue weighted by atomic mass is 9.89. The number of carbonyl (C=O) groups excluding carboxylic acids is 3. The molecule has 44 heavy (non-hydrogen) atoms. The number of rotatable bonds is 7. The van der Waals surface area contributed by atoms with Crippen LogP contribution in [0.2, 0.25) is 0 Å². The van der Waals surface area contributed by atoms with Crippen molar-refractivity contribution in [3.8, 4) is 0 Å². The third kappa shape index (κ3) is 9.38. The first-order valence-corrected chi connectivity index (χ1v) is 16.9. The molecule has 1 aromatic carbocycles. The van der Waals surface area contributed by atoms with E-state index in [-0.39, 0.29) is 47.3 Å². The zero-order chi connectivity index (χ0) is 32.3. The van der Waals surface area contributed by atoms with Crippen LogP contribution >= 0.6 is 0 Å². The fourth-order valence-electron chi connectivity index (χ4n) is 5.73. The number of benzene rings is 1. The fourth-order valence-corrected chi connectivity index (χ4v) is 6.99. The van der Waals surface area contributed by atoms with Gasteiger partial charge in [0, 0.05) is 63.4 Å². The summed E-state index contributed by atoms with van der Waals surface area (Å²) in [6.45, 7) is 5.76. The Morgan fingerprint density at radius 1 is 1.14 bits per heavy atom. The van der Waals surface area contributed by atoms with Gasteiger partial charge in [-0.25, -0.2) is 8.42 Å². The number of hydrogen-bond donors (Lipinski definition) is 2. The Bertz CT molecular complexity index is 1390. The molecule has 2 aromatic rings.